The van der Waals surface area contributed by atoms with Crippen molar-refractivity contribution < 1.29 is 9.47 Å². The zero-order valence-corrected chi connectivity index (χ0v) is 39.4. The van der Waals surface area contributed by atoms with Crippen LogP contribution in [0.3, 0.4) is 0 Å². The van der Waals surface area contributed by atoms with Crippen molar-refractivity contribution in [2.75, 3.05) is 4.90 Å². The van der Waals surface area contributed by atoms with E-state index in [1.165, 1.54) is 66.8 Å². The van der Waals surface area contributed by atoms with Crippen LogP contribution in [0.1, 0.15) is 74.9 Å². The molecule has 324 valence electrons. The maximum Gasteiger partial charge on any atom is 0.149 e. The Labute approximate surface area is 397 Å². The molecule has 0 N–H and O–H groups in total. The second-order valence-corrected chi connectivity index (χ2v) is 21.1. The lowest BCUT2D eigenvalue weighted by Crippen LogP contribution is -2.25. The van der Waals surface area contributed by atoms with Crippen molar-refractivity contribution in [3.63, 3.8) is 0 Å². The Morgan fingerprint density at radius 3 is 1.64 bits per heavy atom. The van der Waals surface area contributed by atoms with Crippen molar-refractivity contribution in [1.82, 2.24) is 0 Å². The lowest BCUT2D eigenvalue weighted by atomic mass is 9.74. The van der Waals surface area contributed by atoms with Crippen LogP contribution < -0.4 is 14.4 Å². The Hall–Kier alpha value is -7.27. The second-order valence-electron chi connectivity index (χ2n) is 20.1. The number of fused-ring (bicyclic) bond motifs is 12. The van der Waals surface area contributed by atoms with Gasteiger partial charge in [0.05, 0.1) is 9.79 Å². The van der Waals surface area contributed by atoms with Crippen molar-refractivity contribution in [1.29, 1.82) is 0 Å². The highest BCUT2D eigenvalue weighted by molar-refractivity contribution is 7.99. The molecule has 0 unspecified atom stereocenters. The summed E-state index contributed by atoms with van der Waals surface area (Å²) in [7, 11) is 0. The van der Waals surface area contributed by atoms with Gasteiger partial charge in [0.2, 0.25) is 0 Å². The molecule has 0 atom stereocenters. The maximum absolute atomic E-state index is 7.13. The minimum atomic E-state index is -0.256. The van der Waals surface area contributed by atoms with Crippen molar-refractivity contribution in [2.24, 2.45) is 0 Å². The summed E-state index contributed by atoms with van der Waals surface area (Å²) in [5, 5.41) is 0. The first-order valence-corrected chi connectivity index (χ1v) is 24.2. The van der Waals surface area contributed by atoms with Crippen LogP contribution in [0.2, 0.25) is 0 Å². The predicted octanol–water partition coefficient (Wildman–Crippen LogP) is 17.8. The third-order valence-corrected chi connectivity index (χ3v) is 16.3. The number of rotatable bonds is 5. The average Bonchev–Trinajstić information content (AvgIpc) is 3.73. The molecule has 0 saturated carbocycles. The summed E-state index contributed by atoms with van der Waals surface area (Å²) in [5.74, 6) is 3.80. The number of anilines is 3. The maximum atomic E-state index is 7.13. The number of nitrogens with zero attached hydrogens (tertiary/aromatic N) is 1. The van der Waals surface area contributed by atoms with Gasteiger partial charge in [0.25, 0.3) is 0 Å². The van der Waals surface area contributed by atoms with Gasteiger partial charge in [-0.15, -0.1) is 0 Å². The molecule has 0 amide bonds. The second kappa shape index (κ2) is 14.4. The standard InChI is InChI=1S/C63H49NO2S/c1-61(2)47-19-11-10-17-45(47)57-50(61)35-36-55-60(57)66-58-44(18-14-22-54(58)67-55)40-25-29-42(30-26-40)64(41-27-23-39(24-28-41)38-15-8-7-9-16-38)43-31-32-46-52(37-43)63(5,6)49-33-34-51-59(56(46)49)65-53-21-13-12-20-48(53)62(51,3)4/h7-37H,1-6H3. The van der Waals surface area contributed by atoms with Crippen LogP contribution in [0, 0.1) is 0 Å². The Kier molecular flexibility index (Phi) is 8.58. The molecule has 0 aromatic heterocycles. The molecule has 4 aliphatic rings. The topological polar surface area (TPSA) is 21.7 Å². The molecule has 2 aliphatic heterocycles. The third-order valence-electron chi connectivity index (χ3n) is 15.2. The lowest BCUT2D eigenvalue weighted by molar-refractivity contribution is 0.419. The van der Waals surface area contributed by atoms with Crippen LogP contribution in [0.15, 0.2) is 198 Å². The normalized spacial score (nSPS) is 15.6. The predicted molar refractivity (Wildman–Crippen MR) is 276 cm³/mol. The smallest absolute Gasteiger partial charge is 0.149 e. The van der Waals surface area contributed by atoms with E-state index in [9.17, 15) is 0 Å². The summed E-state index contributed by atoms with van der Waals surface area (Å²) in [6.07, 6.45) is 0. The van der Waals surface area contributed by atoms with E-state index in [1.807, 2.05) is 0 Å². The molecule has 9 aromatic carbocycles. The number of hydrogen-bond donors (Lipinski definition) is 0. The molecule has 4 heteroatoms. The summed E-state index contributed by atoms with van der Waals surface area (Å²) in [6, 6.07) is 68.7. The number of hydrogen-bond acceptors (Lipinski definition) is 4. The molecular weight excluding hydrogens is 835 g/mol. The van der Waals surface area contributed by atoms with Crippen LogP contribution in [0.4, 0.5) is 17.1 Å². The Morgan fingerprint density at radius 2 is 0.881 bits per heavy atom. The first-order valence-electron chi connectivity index (χ1n) is 23.4. The molecule has 9 aromatic rings. The fourth-order valence-electron chi connectivity index (χ4n) is 11.6. The Balaban J connectivity index is 0.906. The van der Waals surface area contributed by atoms with Gasteiger partial charge in [-0.05, 0) is 105 Å². The molecule has 0 saturated heterocycles. The number of para-hydroxylation sites is 2. The van der Waals surface area contributed by atoms with Gasteiger partial charge >= 0.3 is 0 Å². The minimum absolute atomic E-state index is 0.102. The van der Waals surface area contributed by atoms with Gasteiger partial charge < -0.3 is 14.4 Å². The Bertz CT molecular complexity index is 3510. The molecule has 0 bridgehead atoms. The van der Waals surface area contributed by atoms with Crippen molar-refractivity contribution in [3.05, 3.63) is 221 Å². The average molecular weight is 884 g/mol. The van der Waals surface area contributed by atoms with Crippen molar-refractivity contribution >= 4 is 28.8 Å². The van der Waals surface area contributed by atoms with E-state index < -0.39 is 0 Å². The van der Waals surface area contributed by atoms with Crippen LogP contribution in [-0.4, -0.2) is 0 Å². The van der Waals surface area contributed by atoms with Gasteiger partial charge in [0.1, 0.15) is 23.0 Å². The molecule has 13 rings (SSSR count). The summed E-state index contributed by atoms with van der Waals surface area (Å²) in [4.78, 5) is 4.68. The summed E-state index contributed by atoms with van der Waals surface area (Å²) in [6.45, 7) is 14.0. The number of benzene rings is 9. The SMILES string of the molecule is CC1(C)c2ccccc2Oc2c1ccc1c2-c2ccc(N(c3ccc(-c4ccccc4)cc3)c3ccc(-c4cccc5c4Oc4c(ccc6c4-c4ccccc4C6(C)C)S5)cc3)cc2C1(C)C. The van der Waals surface area contributed by atoms with Crippen molar-refractivity contribution in [2.45, 2.75) is 67.6 Å². The van der Waals surface area contributed by atoms with Crippen LogP contribution in [0.5, 0.6) is 23.0 Å². The van der Waals surface area contributed by atoms with Gasteiger partial charge in [-0.3, -0.25) is 0 Å². The lowest BCUT2D eigenvalue weighted by Gasteiger charge is -2.36. The van der Waals surface area contributed by atoms with E-state index >= 15 is 0 Å². The van der Waals surface area contributed by atoms with E-state index in [0.29, 0.717) is 0 Å². The fraction of sp³-hybridized carbons (Fsp3) is 0.143. The highest BCUT2D eigenvalue weighted by Gasteiger charge is 2.44. The molecule has 0 spiro atoms. The quantitative estimate of drug-likeness (QED) is 0.172. The Morgan fingerprint density at radius 1 is 0.343 bits per heavy atom. The summed E-state index contributed by atoms with van der Waals surface area (Å²) in [5.41, 5.74) is 19.9. The fourth-order valence-corrected chi connectivity index (χ4v) is 12.6. The van der Waals surface area contributed by atoms with E-state index in [1.54, 1.807) is 11.8 Å². The molecule has 0 fully saturated rings. The minimum Gasteiger partial charge on any atom is -0.456 e. The van der Waals surface area contributed by atoms with Gasteiger partial charge in [0.15, 0.2) is 0 Å². The summed E-state index contributed by atoms with van der Waals surface area (Å²) >= 11 is 1.80. The van der Waals surface area contributed by atoms with Gasteiger partial charge in [-0.1, -0.05) is 187 Å². The first-order chi connectivity index (χ1) is 32.5. The highest BCUT2D eigenvalue weighted by Crippen LogP contribution is 2.61. The highest BCUT2D eigenvalue weighted by atomic mass is 32.2. The van der Waals surface area contributed by atoms with Crippen LogP contribution in [-0.2, 0) is 16.2 Å². The number of ether oxygens (including phenoxy) is 2. The molecule has 2 heterocycles. The molecule has 0 radical (unpaired) electrons. The summed E-state index contributed by atoms with van der Waals surface area (Å²) < 4.78 is 14.0. The van der Waals surface area contributed by atoms with Gasteiger partial charge in [-0.2, -0.15) is 0 Å². The van der Waals surface area contributed by atoms with E-state index in [-0.39, 0.29) is 16.2 Å². The van der Waals surface area contributed by atoms with E-state index in [0.717, 1.165) is 61.0 Å². The molecule has 67 heavy (non-hydrogen) atoms. The zero-order valence-electron chi connectivity index (χ0n) is 38.6. The van der Waals surface area contributed by atoms with Gasteiger partial charge in [-0.25, -0.2) is 0 Å². The van der Waals surface area contributed by atoms with Crippen LogP contribution >= 0.6 is 11.8 Å². The first kappa shape index (κ1) is 40.0. The molecule has 2 aliphatic carbocycles. The third kappa shape index (κ3) is 5.85. The van der Waals surface area contributed by atoms with Crippen LogP contribution in [0.25, 0.3) is 44.5 Å². The largest absolute Gasteiger partial charge is 0.456 e. The van der Waals surface area contributed by atoms with E-state index in [2.05, 4.69) is 234 Å². The monoisotopic (exact) mass is 883 g/mol. The molecule has 3 nitrogen and oxygen atoms in total. The molecular formula is C63H49NO2S. The zero-order chi connectivity index (χ0) is 45.4. The van der Waals surface area contributed by atoms with E-state index in [4.69, 9.17) is 9.47 Å². The van der Waals surface area contributed by atoms with Crippen molar-refractivity contribution in [3.8, 4) is 67.5 Å². The van der Waals surface area contributed by atoms with Gasteiger partial charge in [0, 0.05) is 61.1 Å².